The summed E-state index contributed by atoms with van der Waals surface area (Å²) in [5.74, 6) is -0.280. The predicted molar refractivity (Wildman–Crippen MR) is 121 cm³/mol. The van der Waals surface area contributed by atoms with E-state index in [9.17, 15) is 13.6 Å². The first-order valence-electron chi connectivity index (χ1n) is 11.2. The molecule has 3 aromatic rings. The van der Waals surface area contributed by atoms with Crippen molar-refractivity contribution < 1.29 is 13.6 Å². The minimum absolute atomic E-state index is 0.0128. The lowest BCUT2D eigenvalue weighted by atomic mass is 10.0. The highest BCUT2D eigenvalue weighted by Gasteiger charge is 2.30. The van der Waals surface area contributed by atoms with Gasteiger partial charge >= 0.3 is 0 Å². The van der Waals surface area contributed by atoms with E-state index < -0.39 is 0 Å². The molecule has 32 heavy (non-hydrogen) atoms. The van der Waals surface area contributed by atoms with Gasteiger partial charge in [-0.15, -0.1) is 0 Å². The van der Waals surface area contributed by atoms with Crippen LogP contribution in [0.2, 0.25) is 0 Å². The summed E-state index contributed by atoms with van der Waals surface area (Å²) in [5.41, 5.74) is 4.54. The Kier molecular flexibility index (Phi) is 6.93. The van der Waals surface area contributed by atoms with E-state index in [1.807, 2.05) is 35.4 Å². The maximum absolute atomic E-state index is 13.4. The highest BCUT2D eigenvalue weighted by molar-refractivity contribution is 5.77. The van der Waals surface area contributed by atoms with Gasteiger partial charge < -0.3 is 4.90 Å². The van der Waals surface area contributed by atoms with E-state index in [-0.39, 0.29) is 23.6 Å². The average Bonchev–Trinajstić information content (AvgIpc) is 3.27. The Bertz CT molecular complexity index is 1080. The number of halogens is 2. The van der Waals surface area contributed by atoms with Crippen molar-refractivity contribution >= 4 is 5.91 Å². The molecule has 0 saturated carbocycles. The van der Waals surface area contributed by atoms with Crippen LogP contribution in [-0.2, 0) is 17.6 Å². The van der Waals surface area contributed by atoms with E-state index in [1.165, 1.54) is 12.1 Å². The summed E-state index contributed by atoms with van der Waals surface area (Å²) in [6.45, 7) is 2.51. The summed E-state index contributed by atoms with van der Waals surface area (Å²) in [6, 6.07) is 15.8. The normalized spacial score (nSPS) is 15.8. The average molecular weight is 435 g/mol. The monoisotopic (exact) mass is 434 g/mol. The van der Waals surface area contributed by atoms with Gasteiger partial charge in [-0.05, 0) is 85.5 Å². The van der Waals surface area contributed by atoms with Crippen LogP contribution < -0.4 is 0 Å². The molecule has 0 radical (unpaired) electrons. The molecule has 1 atom stereocenters. The zero-order valence-electron chi connectivity index (χ0n) is 18.4. The number of hydrogen-bond donors (Lipinski definition) is 0. The second-order valence-electron chi connectivity index (χ2n) is 8.58. The molecule has 1 fully saturated rings. The Balaban J connectivity index is 1.34. The summed E-state index contributed by atoms with van der Waals surface area (Å²) in [5, 5.41) is 0. The smallest absolute Gasteiger partial charge is 0.223 e. The maximum atomic E-state index is 13.4. The van der Waals surface area contributed by atoms with Crippen LogP contribution in [0.1, 0.15) is 59.7 Å². The molecule has 4 rings (SSSR count). The Morgan fingerprint density at radius 3 is 2.66 bits per heavy atom. The summed E-state index contributed by atoms with van der Waals surface area (Å²) >= 11 is 0. The number of carbonyl (C=O) groups is 1. The largest absolute Gasteiger partial charge is 0.334 e. The van der Waals surface area contributed by atoms with Crippen molar-refractivity contribution in [2.45, 2.75) is 51.5 Å². The first kappa shape index (κ1) is 22.1. The molecule has 0 aliphatic carbocycles. The predicted octanol–water partition coefficient (Wildman–Crippen LogP) is 5.95. The van der Waals surface area contributed by atoms with Gasteiger partial charge in [-0.2, -0.15) is 0 Å². The third-order valence-corrected chi connectivity index (χ3v) is 6.14. The second kappa shape index (κ2) is 10.0. The van der Waals surface area contributed by atoms with E-state index >= 15 is 0 Å². The van der Waals surface area contributed by atoms with Crippen molar-refractivity contribution in [2.75, 3.05) is 6.54 Å². The van der Waals surface area contributed by atoms with E-state index in [1.54, 1.807) is 25.1 Å². The topological polar surface area (TPSA) is 33.2 Å². The molecule has 1 aliphatic rings. The van der Waals surface area contributed by atoms with E-state index in [0.29, 0.717) is 18.4 Å². The van der Waals surface area contributed by atoms with Crippen LogP contribution in [-0.4, -0.2) is 22.3 Å². The van der Waals surface area contributed by atoms with Crippen molar-refractivity contribution in [1.29, 1.82) is 0 Å². The molecule has 1 saturated heterocycles. The van der Waals surface area contributed by atoms with Crippen LogP contribution in [0.3, 0.4) is 0 Å². The number of carbonyl (C=O) groups excluding carboxylic acids is 1. The molecular formula is C27H28F2N2O. The zero-order valence-corrected chi connectivity index (χ0v) is 18.4. The Morgan fingerprint density at radius 2 is 1.91 bits per heavy atom. The number of nitrogens with zero attached hydrogens (tertiary/aromatic N) is 2. The fourth-order valence-corrected chi connectivity index (χ4v) is 4.44. The van der Waals surface area contributed by atoms with Gasteiger partial charge in [0, 0.05) is 19.2 Å². The third-order valence-electron chi connectivity index (χ3n) is 6.14. The Labute approximate surface area is 188 Å². The number of benzene rings is 2. The van der Waals surface area contributed by atoms with Gasteiger partial charge in [-0.1, -0.05) is 30.3 Å². The summed E-state index contributed by atoms with van der Waals surface area (Å²) in [4.78, 5) is 19.5. The molecule has 1 aromatic heterocycles. The molecule has 166 valence electrons. The summed E-state index contributed by atoms with van der Waals surface area (Å²) in [7, 11) is 0. The Morgan fingerprint density at radius 1 is 1.06 bits per heavy atom. The molecule has 0 bridgehead atoms. The van der Waals surface area contributed by atoms with Gasteiger partial charge in [-0.25, -0.2) is 8.78 Å². The minimum atomic E-state index is -0.234. The standard InChI is InChI=1S/C27H28F2N2O/c1-19-15-20(10-12-24(19)29)5-3-9-27(32)31-14-4-8-26(31)25-13-11-22(18-30-25)16-21-6-2-7-23(28)17-21/h2,6-7,10-13,15,17-18,26H,3-5,8-9,14,16H2,1H3/t26-/m0/s1. The minimum Gasteiger partial charge on any atom is -0.334 e. The molecule has 1 aliphatic heterocycles. The fourth-order valence-electron chi connectivity index (χ4n) is 4.44. The number of aryl methyl sites for hydroxylation is 2. The van der Waals surface area contributed by atoms with Crippen LogP contribution in [0.4, 0.5) is 8.78 Å². The number of amides is 1. The lowest BCUT2D eigenvalue weighted by Gasteiger charge is -2.24. The quantitative estimate of drug-likeness (QED) is 0.461. The van der Waals surface area contributed by atoms with Crippen LogP contribution in [0.25, 0.3) is 0 Å². The number of aromatic nitrogens is 1. The molecule has 2 heterocycles. The van der Waals surface area contributed by atoms with Crippen LogP contribution >= 0.6 is 0 Å². The van der Waals surface area contributed by atoms with Crippen molar-refractivity contribution in [2.24, 2.45) is 0 Å². The highest BCUT2D eigenvalue weighted by Crippen LogP contribution is 2.31. The molecule has 0 N–H and O–H groups in total. The SMILES string of the molecule is Cc1cc(CCCC(=O)N2CCC[C@H]2c2ccc(Cc3cccc(F)c3)cn2)ccc1F. The highest BCUT2D eigenvalue weighted by atomic mass is 19.1. The van der Waals surface area contributed by atoms with Gasteiger partial charge in [0.05, 0.1) is 11.7 Å². The number of likely N-dealkylation sites (tertiary alicyclic amines) is 1. The van der Waals surface area contributed by atoms with E-state index in [2.05, 4.69) is 4.98 Å². The lowest BCUT2D eigenvalue weighted by Crippen LogP contribution is -2.30. The van der Waals surface area contributed by atoms with E-state index in [0.717, 1.165) is 54.6 Å². The van der Waals surface area contributed by atoms with Crippen molar-refractivity contribution in [3.63, 3.8) is 0 Å². The van der Waals surface area contributed by atoms with Crippen LogP contribution in [0.15, 0.2) is 60.8 Å². The number of rotatable bonds is 7. The van der Waals surface area contributed by atoms with Crippen molar-refractivity contribution in [3.05, 3.63) is 100 Å². The molecule has 3 nitrogen and oxygen atoms in total. The fraction of sp³-hybridized carbons (Fsp3) is 0.333. The third kappa shape index (κ3) is 5.39. The van der Waals surface area contributed by atoms with Gasteiger partial charge in [0.1, 0.15) is 11.6 Å². The van der Waals surface area contributed by atoms with Gasteiger partial charge in [-0.3, -0.25) is 9.78 Å². The van der Waals surface area contributed by atoms with Crippen molar-refractivity contribution in [3.8, 4) is 0 Å². The second-order valence-corrected chi connectivity index (χ2v) is 8.58. The number of pyridine rings is 1. The van der Waals surface area contributed by atoms with Crippen molar-refractivity contribution in [1.82, 2.24) is 9.88 Å². The molecule has 5 heteroatoms. The van der Waals surface area contributed by atoms with Crippen LogP contribution in [0.5, 0.6) is 0 Å². The molecule has 1 amide bonds. The first-order valence-corrected chi connectivity index (χ1v) is 11.2. The maximum Gasteiger partial charge on any atom is 0.223 e. The first-order chi connectivity index (χ1) is 15.5. The summed E-state index contributed by atoms with van der Waals surface area (Å²) < 4.78 is 26.8. The molecule has 2 aromatic carbocycles. The Hall–Kier alpha value is -3.08. The van der Waals surface area contributed by atoms with E-state index in [4.69, 9.17) is 0 Å². The zero-order chi connectivity index (χ0) is 22.5. The molecular weight excluding hydrogens is 406 g/mol. The molecule has 0 unspecified atom stereocenters. The lowest BCUT2D eigenvalue weighted by molar-refractivity contribution is -0.132. The van der Waals surface area contributed by atoms with Gasteiger partial charge in [0.15, 0.2) is 0 Å². The van der Waals surface area contributed by atoms with Gasteiger partial charge in [0.25, 0.3) is 0 Å². The van der Waals surface area contributed by atoms with Crippen LogP contribution in [0, 0.1) is 18.6 Å². The molecule has 0 spiro atoms. The number of hydrogen-bond acceptors (Lipinski definition) is 2. The summed E-state index contributed by atoms with van der Waals surface area (Å²) in [6.07, 6.45) is 6.33. The van der Waals surface area contributed by atoms with Gasteiger partial charge in [0.2, 0.25) is 5.91 Å².